The van der Waals surface area contributed by atoms with Crippen LogP contribution >= 0.6 is 0 Å². The normalized spacial score (nSPS) is 16.1. The summed E-state index contributed by atoms with van der Waals surface area (Å²) in [5.74, 6) is 2.38. The van der Waals surface area contributed by atoms with E-state index in [1.807, 2.05) is 44.2 Å². The topological polar surface area (TPSA) is 93.4 Å². The van der Waals surface area contributed by atoms with Crippen LogP contribution < -0.4 is 14.2 Å². The molecule has 0 fully saturated rings. The molecule has 8 heteroatoms. The molecule has 1 N–H and O–H groups in total. The zero-order chi connectivity index (χ0) is 24.1. The molecule has 0 saturated carbocycles. The highest BCUT2D eigenvalue weighted by molar-refractivity contribution is 6.32. The summed E-state index contributed by atoms with van der Waals surface area (Å²) in [6.07, 6.45) is 3.93. The third kappa shape index (κ3) is 5.11. The number of allylic oxidation sites excluding steroid dienone is 1. The number of nitrogens with one attached hydrogen (secondary N) is 1. The van der Waals surface area contributed by atoms with E-state index in [4.69, 9.17) is 24.5 Å². The Hall–Kier alpha value is -4.07. The van der Waals surface area contributed by atoms with Gasteiger partial charge < -0.3 is 19.0 Å². The summed E-state index contributed by atoms with van der Waals surface area (Å²) in [7, 11) is 0. The van der Waals surface area contributed by atoms with Crippen molar-refractivity contribution in [1.82, 2.24) is 5.06 Å². The van der Waals surface area contributed by atoms with E-state index in [9.17, 15) is 4.79 Å². The van der Waals surface area contributed by atoms with Gasteiger partial charge >= 0.3 is 0 Å². The molecular weight excluding hydrogens is 434 g/mol. The highest BCUT2D eigenvalue weighted by atomic mass is 16.7. The van der Waals surface area contributed by atoms with Gasteiger partial charge in [0.15, 0.2) is 23.2 Å². The van der Waals surface area contributed by atoms with Crippen molar-refractivity contribution >= 4 is 23.7 Å². The lowest BCUT2D eigenvalue weighted by atomic mass is 10.1. The van der Waals surface area contributed by atoms with Crippen molar-refractivity contribution in [1.29, 1.82) is 5.41 Å². The molecule has 0 bridgehead atoms. The van der Waals surface area contributed by atoms with Crippen LogP contribution in [-0.2, 0) is 9.63 Å². The fourth-order valence-corrected chi connectivity index (χ4v) is 3.51. The number of hydroxylamine groups is 2. The minimum Gasteiger partial charge on any atom is -0.493 e. The average Bonchev–Trinajstić information content (AvgIpc) is 3.19. The van der Waals surface area contributed by atoms with Crippen molar-refractivity contribution in [2.45, 2.75) is 27.2 Å². The molecule has 2 aromatic carbocycles. The summed E-state index contributed by atoms with van der Waals surface area (Å²) in [6, 6.07) is 13.3. The van der Waals surface area contributed by atoms with Gasteiger partial charge in [-0.05, 0) is 56.2 Å². The molecule has 2 aliphatic rings. The number of hydrogen-bond acceptors (Lipinski definition) is 6. The number of aliphatic imine (C=N–C) groups is 1. The molecule has 0 radical (unpaired) electrons. The first-order valence-electron chi connectivity index (χ1n) is 11.1. The molecule has 2 aliphatic heterocycles. The van der Waals surface area contributed by atoms with Gasteiger partial charge in [0.2, 0.25) is 0 Å². The first kappa shape index (κ1) is 23.1. The second kappa shape index (κ2) is 10.2. The predicted octanol–water partition coefficient (Wildman–Crippen LogP) is 4.69. The molecule has 34 heavy (non-hydrogen) atoms. The first-order chi connectivity index (χ1) is 16.5. The highest BCUT2D eigenvalue weighted by Gasteiger charge is 2.34. The van der Waals surface area contributed by atoms with E-state index < -0.39 is 5.91 Å². The number of para-hydroxylation sites is 1. The largest absolute Gasteiger partial charge is 0.493 e. The Bertz CT molecular complexity index is 1200. The molecule has 4 rings (SSSR count). The SMILES string of the molecule is CCOc1cc(/C=C2/C(=N)N3OC(C)=CC3=NC2=O)ccc1OCCCOc1ccccc1C. The summed E-state index contributed by atoms with van der Waals surface area (Å²) < 4.78 is 17.5. The third-order valence-electron chi connectivity index (χ3n) is 5.16. The number of nitrogens with zero attached hydrogens (tertiary/aromatic N) is 2. The summed E-state index contributed by atoms with van der Waals surface area (Å²) in [5.41, 5.74) is 1.92. The minimum absolute atomic E-state index is 0.0601. The number of amides is 1. The Morgan fingerprint density at radius 2 is 1.79 bits per heavy atom. The van der Waals surface area contributed by atoms with Gasteiger partial charge in [-0.15, -0.1) is 5.06 Å². The van der Waals surface area contributed by atoms with Crippen LogP contribution in [0.15, 0.2) is 64.9 Å². The molecule has 2 heterocycles. The number of fused-ring (bicyclic) bond motifs is 1. The molecule has 2 aromatic rings. The standard InChI is InChI=1S/C26H27N3O5/c1-4-31-23-16-19(15-20-25(27)29-24(28-26(20)30)14-18(3)34-29)10-11-22(23)33-13-7-12-32-21-9-6-5-8-17(21)2/h5-6,8-11,14-16,27H,4,7,12-13H2,1-3H3/b20-15-,27-25?. The monoisotopic (exact) mass is 461 g/mol. The second-order valence-electron chi connectivity index (χ2n) is 7.78. The molecule has 0 aromatic heterocycles. The van der Waals surface area contributed by atoms with Gasteiger partial charge in [-0.25, -0.2) is 0 Å². The van der Waals surface area contributed by atoms with Crippen LogP contribution in [0.25, 0.3) is 6.08 Å². The van der Waals surface area contributed by atoms with Crippen LogP contribution in [0.5, 0.6) is 17.2 Å². The van der Waals surface area contributed by atoms with Crippen molar-refractivity contribution in [2.24, 2.45) is 4.99 Å². The molecule has 0 spiro atoms. The lowest BCUT2D eigenvalue weighted by molar-refractivity contribution is -0.114. The van der Waals surface area contributed by atoms with Gasteiger partial charge in [-0.2, -0.15) is 4.99 Å². The number of carbonyl (C=O) groups is 1. The Morgan fingerprint density at radius 3 is 2.56 bits per heavy atom. The van der Waals surface area contributed by atoms with Crippen molar-refractivity contribution in [3.63, 3.8) is 0 Å². The first-order valence-corrected chi connectivity index (χ1v) is 11.1. The van der Waals surface area contributed by atoms with E-state index in [2.05, 4.69) is 4.99 Å². The number of hydrogen-bond donors (Lipinski definition) is 1. The van der Waals surface area contributed by atoms with E-state index in [-0.39, 0.29) is 11.4 Å². The van der Waals surface area contributed by atoms with Crippen molar-refractivity contribution in [3.05, 3.63) is 71.0 Å². The zero-order valence-corrected chi connectivity index (χ0v) is 19.5. The van der Waals surface area contributed by atoms with E-state index in [1.54, 1.807) is 31.2 Å². The number of aryl methyl sites for hydroxylation is 1. The van der Waals surface area contributed by atoms with Crippen molar-refractivity contribution < 1.29 is 23.8 Å². The van der Waals surface area contributed by atoms with E-state index in [0.29, 0.717) is 54.9 Å². The summed E-state index contributed by atoms with van der Waals surface area (Å²) in [5, 5.41) is 9.59. The third-order valence-corrected chi connectivity index (χ3v) is 5.16. The van der Waals surface area contributed by atoms with Crippen LogP contribution in [0.1, 0.15) is 31.4 Å². The molecule has 0 saturated heterocycles. The molecule has 0 atom stereocenters. The molecule has 176 valence electrons. The van der Waals surface area contributed by atoms with Gasteiger partial charge in [0.25, 0.3) is 5.91 Å². The second-order valence-corrected chi connectivity index (χ2v) is 7.78. The Kier molecular flexibility index (Phi) is 6.96. The molecule has 0 aliphatic carbocycles. The molecule has 1 amide bonds. The van der Waals surface area contributed by atoms with Crippen molar-refractivity contribution in [2.75, 3.05) is 19.8 Å². The maximum Gasteiger partial charge on any atom is 0.282 e. The highest BCUT2D eigenvalue weighted by Crippen LogP contribution is 2.31. The van der Waals surface area contributed by atoms with Gasteiger partial charge in [-0.1, -0.05) is 24.3 Å². The van der Waals surface area contributed by atoms with E-state index in [0.717, 1.165) is 11.3 Å². The predicted molar refractivity (Wildman–Crippen MR) is 129 cm³/mol. The lowest BCUT2D eigenvalue weighted by Gasteiger charge is -2.23. The van der Waals surface area contributed by atoms with Crippen LogP contribution in [-0.4, -0.2) is 42.5 Å². The fraction of sp³-hybridized carbons (Fsp3) is 0.269. The van der Waals surface area contributed by atoms with Crippen molar-refractivity contribution in [3.8, 4) is 17.2 Å². The number of ether oxygens (including phenoxy) is 3. The average molecular weight is 462 g/mol. The van der Waals surface area contributed by atoms with Gasteiger partial charge in [-0.3, -0.25) is 10.2 Å². The van der Waals surface area contributed by atoms with E-state index in [1.165, 1.54) is 5.06 Å². The van der Waals surface area contributed by atoms with Gasteiger partial charge in [0.1, 0.15) is 11.5 Å². The van der Waals surface area contributed by atoms with Crippen LogP contribution in [0.4, 0.5) is 0 Å². The molecule has 8 nitrogen and oxygen atoms in total. The summed E-state index contributed by atoms with van der Waals surface area (Å²) in [4.78, 5) is 22.0. The number of amidine groups is 2. The van der Waals surface area contributed by atoms with Gasteiger partial charge in [0, 0.05) is 12.5 Å². The Morgan fingerprint density at radius 1 is 1.03 bits per heavy atom. The summed E-state index contributed by atoms with van der Waals surface area (Å²) in [6.45, 7) is 7.11. The van der Waals surface area contributed by atoms with E-state index >= 15 is 0 Å². The number of carbonyl (C=O) groups excluding carboxylic acids is 1. The summed E-state index contributed by atoms with van der Waals surface area (Å²) >= 11 is 0. The Balaban J connectivity index is 1.41. The number of benzene rings is 2. The quantitative estimate of drug-likeness (QED) is 0.430. The van der Waals surface area contributed by atoms with Crippen LogP contribution in [0, 0.1) is 12.3 Å². The smallest absolute Gasteiger partial charge is 0.282 e. The van der Waals surface area contributed by atoms with Gasteiger partial charge in [0.05, 0.1) is 25.4 Å². The van der Waals surface area contributed by atoms with Crippen LogP contribution in [0.2, 0.25) is 0 Å². The maximum atomic E-state index is 12.5. The maximum absolute atomic E-state index is 12.5. The zero-order valence-electron chi connectivity index (χ0n) is 19.5. The minimum atomic E-state index is -0.488. The lowest BCUT2D eigenvalue weighted by Crippen LogP contribution is -2.38. The molecule has 0 unspecified atom stereocenters. The van der Waals surface area contributed by atoms with Crippen LogP contribution in [0.3, 0.4) is 0 Å². The number of rotatable bonds is 9. The fourth-order valence-electron chi connectivity index (χ4n) is 3.51. The molecular formula is C26H27N3O5. The Labute approximate surface area is 198 Å².